The van der Waals surface area contributed by atoms with Crippen molar-refractivity contribution in [2.75, 3.05) is 6.54 Å². The third kappa shape index (κ3) is 2.59. The maximum atomic E-state index is 13.3. The molecule has 1 aliphatic rings. The van der Waals surface area contributed by atoms with Crippen LogP contribution in [0.2, 0.25) is 0 Å². The van der Waals surface area contributed by atoms with Crippen LogP contribution in [-0.4, -0.2) is 12.6 Å². The van der Waals surface area contributed by atoms with Crippen molar-refractivity contribution in [1.29, 1.82) is 0 Å². The first kappa shape index (κ1) is 13.5. The molecule has 1 aromatic carbocycles. The molecular weight excluding hydrogens is 225 g/mol. The Kier molecular flexibility index (Phi) is 4.39. The van der Waals surface area contributed by atoms with Crippen LogP contribution < -0.4 is 5.32 Å². The van der Waals surface area contributed by atoms with Crippen LogP contribution in [0.4, 0.5) is 4.39 Å². The average molecular weight is 249 g/mol. The van der Waals surface area contributed by atoms with Crippen LogP contribution in [0.1, 0.15) is 50.2 Å². The number of rotatable bonds is 5. The van der Waals surface area contributed by atoms with E-state index in [-0.39, 0.29) is 5.82 Å². The predicted octanol–water partition coefficient (Wildman–Crippen LogP) is 4.02. The highest BCUT2D eigenvalue weighted by molar-refractivity contribution is 5.30. The molecule has 0 saturated heterocycles. The first-order valence-electron chi connectivity index (χ1n) is 7.16. The first-order chi connectivity index (χ1) is 8.67. The van der Waals surface area contributed by atoms with E-state index in [1.807, 2.05) is 19.1 Å². The maximum Gasteiger partial charge on any atom is 0.126 e. The predicted molar refractivity (Wildman–Crippen MR) is 74.4 cm³/mol. The highest BCUT2D eigenvalue weighted by atomic mass is 19.1. The van der Waals surface area contributed by atoms with Crippen LogP contribution in [0.5, 0.6) is 0 Å². The normalized spacial score (nSPS) is 27.0. The first-order valence-corrected chi connectivity index (χ1v) is 7.16. The van der Waals surface area contributed by atoms with E-state index in [0.717, 1.165) is 12.1 Å². The van der Waals surface area contributed by atoms with Crippen molar-refractivity contribution in [2.24, 2.45) is 5.92 Å². The fourth-order valence-electron chi connectivity index (χ4n) is 3.12. The molecule has 0 amide bonds. The van der Waals surface area contributed by atoms with E-state index in [1.165, 1.54) is 24.8 Å². The molecule has 1 saturated carbocycles. The Hall–Kier alpha value is -0.890. The summed E-state index contributed by atoms with van der Waals surface area (Å²) in [6, 6.07) is 6.26. The molecule has 2 rings (SSSR count). The van der Waals surface area contributed by atoms with Crippen molar-refractivity contribution in [3.8, 4) is 0 Å². The summed E-state index contributed by atoms with van der Waals surface area (Å²) in [4.78, 5) is 0. The molecule has 18 heavy (non-hydrogen) atoms. The lowest BCUT2D eigenvalue weighted by Gasteiger charge is -2.45. The van der Waals surface area contributed by atoms with Gasteiger partial charge in [0.25, 0.3) is 0 Å². The molecule has 0 aromatic heterocycles. The molecule has 0 aliphatic heterocycles. The van der Waals surface area contributed by atoms with Crippen molar-refractivity contribution in [3.63, 3.8) is 0 Å². The zero-order valence-electron chi connectivity index (χ0n) is 11.7. The summed E-state index contributed by atoms with van der Waals surface area (Å²) < 4.78 is 13.3. The fourth-order valence-corrected chi connectivity index (χ4v) is 3.12. The largest absolute Gasteiger partial charge is 0.314 e. The third-order valence-electron chi connectivity index (χ3n) is 4.28. The van der Waals surface area contributed by atoms with Gasteiger partial charge in [0, 0.05) is 6.04 Å². The van der Waals surface area contributed by atoms with Crippen LogP contribution in [0, 0.1) is 18.7 Å². The monoisotopic (exact) mass is 249 g/mol. The molecule has 0 spiro atoms. The lowest BCUT2D eigenvalue weighted by Crippen LogP contribution is -2.49. The van der Waals surface area contributed by atoms with Crippen molar-refractivity contribution < 1.29 is 4.39 Å². The highest BCUT2D eigenvalue weighted by Crippen LogP contribution is 2.44. The van der Waals surface area contributed by atoms with Crippen molar-refractivity contribution in [1.82, 2.24) is 5.32 Å². The van der Waals surface area contributed by atoms with E-state index >= 15 is 0 Å². The Morgan fingerprint density at radius 2 is 2.11 bits per heavy atom. The lowest BCUT2D eigenvalue weighted by atomic mass is 9.65. The molecule has 0 radical (unpaired) electrons. The van der Waals surface area contributed by atoms with Crippen LogP contribution >= 0.6 is 0 Å². The smallest absolute Gasteiger partial charge is 0.126 e. The second-order valence-corrected chi connectivity index (χ2v) is 5.48. The lowest BCUT2D eigenvalue weighted by molar-refractivity contribution is 0.161. The quantitative estimate of drug-likeness (QED) is 0.831. The minimum absolute atomic E-state index is 0.0909. The molecule has 0 heterocycles. The molecule has 1 aliphatic carbocycles. The molecule has 1 N–H and O–H groups in total. The minimum atomic E-state index is -0.0909. The van der Waals surface area contributed by atoms with Crippen molar-refractivity contribution in [3.05, 3.63) is 35.1 Å². The van der Waals surface area contributed by atoms with E-state index < -0.39 is 0 Å². The van der Waals surface area contributed by atoms with Gasteiger partial charge in [-0.2, -0.15) is 0 Å². The zero-order chi connectivity index (χ0) is 13.1. The van der Waals surface area contributed by atoms with Gasteiger partial charge >= 0.3 is 0 Å². The van der Waals surface area contributed by atoms with Gasteiger partial charge in [0.2, 0.25) is 0 Å². The summed E-state index contributed by atoms with van der Waals surface area (Å²) in [5.41, 5.74) is 2.09. The third-order valence-corrected chi connectivity index (χ3v) is 4.28. The SMILES string of the molecule is CCCNC1CC(c2ccc(F)c(C)c2)C1CC. The number of halogens is 1. The van der Waals surface area contributed by atoms with Gasteiger partial charge in [0.1, 0.15) is 5.82 Å². The topological polar surface area (TPSA) is 12.0 Å². The van der Waals surface area contributed by atoms with E-state index in [4.69, 9.17) is 0 Å². The summed E-state index contributed by atoms with van der Waals surface area (Å²) >= 11 is 0. The second kappa shape index (κ2) is 5.83. The summed E-state index contributed by atoms with van der Waals surface area (Å²) in [6.45, 7) is 7.42. The number of aryl methyl sites for hydroxylation is 1. The van der Waals surface area contributed by atoms with Crippen LogP contribution in [0.3, 0.4) is 0 Å². The molecular formula is C16H24FN. The zero-order valence-corrected chi connectivity index (χ0v) is 11.7. The number of hydrogen-bond donors (Lipinski definition) is 1. The Labute approximate surface area is 110 Å². The number of nitrogens with one attached hydrogen (secondary N) is 1. The second-order valence-electron chi connectivity index (χ2n) is 5.48. The Bertz CT molecular complexity index is 402. The van der Waals surface area contributed by atoms with Crippen molar-refractivity contribution in [2.45, 2.75) is 52.0 Å². The molecule has 1 nitrogen and oxygen atoms in total. The maximum absolute atomic E-state index is 13.3. The van der Waals surface area contributed by atoms with Gasteiger partial charge in [0.05, 0.1) is 0 Å². The summed E-state index contributed by atoms with van der Waals surface area (Å²) in [5.74, 6) is 1.23. The van der Waals surface area contributed by atoms with E-state index in [9.17, 15) is 4.39 Å². The Balaban J connectivity index is 2.04. The average Bonchev–Trinajstić information content (AvgIpc) is 2.33. The van der Waals surface area contributed by atoms with Crippen LogP contribution in [0.25, 0.3) is 0 Å². The van der Waals surface area contributed by atoms with Gasteiger partial charge in [-0.15, -0.1) is 0 Å². The number of hydrogen-bond acceptors (Lipinski definition) is 1. The van der Waals surface area contributed by atoms with Crippen molar-refractivity contribution >= 4 is 0 Å². The number of benzene rings is 1. The standard InChI is InChI=1S/C16H24FN/c1-4-8-18-16-10-14(13(16)5-2)12-6-7-15(17)11(3)9-12/h6-7,9,13-14,16,18H,4-5,8,10H2,1-3H3. The van der Waals surface area contributed by atoms with Crippen LogP contribution in [-0.2, 0) is 0 Å². The van der Waals surface area contributed by atoms with Gasteiger partial charge < -0.3 is 5.32 Å². The van der Waals surface area contributed by atoms with E-state index in [2.05, 4.69) is 19.2 Å². The van der Waals surface area contributed by atoms with E-state index in [0.29, 0.717) is 17.9 Å². The van der Waals surface area contributed by atoms with Gasteiger partial charge in [-0.3, -0.25) is 0 Å². The Morgan fingerprint density at radius 1 is 1.33 bits per heavy atom. The minimum Gasteiger partial charge on any atom is -0.314 e. The molecule has 1 aromatic rings. The van der Waals surface area contributed by atoms with Gasteiger partial charge in [-0.25, -0.2) is 4.39 Å². The molecule has 3 atom stereocenters. The molecule has 2 heteroatoms. The fraction of sp³-hybridized carbons (Fsp3) is 0.625. The molecule has 1 fully saturated rings. The molecule has 100 valence electrons. The van der Waals surface area contributed by atoms with Gasteiger partial charge in [-0.1, -0.05) is 32.4 Å². The van der Waals surface area contributed by atoms with Gasteiger partial charge in [0.15, 0.2) is 0 Å². The summed E-state index contributed by atoms with van der Waals surface area (Å²) in [6.07, 6.45) is 3.58. The van der Waals surface area contributed by atoms with Gasteiger partial charge in [-0.05, 0) is 55.3 Å². The van der Waals surface area contributed by atoms with Crippen LogP contribution in [0.15, 0.2) is 18.2 Å². The highest BCUT2D eigenvalue weighted by Gasteiger charge is 2.39. The molecule has 3 unspecified atom stereocenters. The Morgan fingerprint density at radius 3 is 2.72 bits per heavy atom. The summed E-state index contributed by atoms with van der Waals surface area (Å²) in [7, 11) is 0. The van der Waals surface area contributed by atoms with E-state index in [1.54, 1.807) is 6.07 Å². The molecule has 0 bridgehead atoms. The summed E-state index contributed by atoms with van der Waals surface area (Å²) in [5, 5.41) is 3.62.